The molecule has 0 radical (unpaired) electrons. The van der Waals surface area contributed by atoms with E-state index in [0.29, 0.717) is 17.4 Å². The molecule has 1 aromatic carbocycles. The summed E-state index contributed by atoms with van der Waals surface area (Å²) in [5.74, 6) is 0.386. The highest BCUT2D eigenvalue weighted by Crippen LogP contribution is 2.21. The van der Waals surface area contributed by atoms with Gasteiger partial charge in [0.1, 0.15) is 5.02 Å². The Kier molecular flexibility index (Phi) is 4.94. The molecule has 7 heteroatoms. The third-order valence-corrected chi connectivity index (χ3v) is 2.89. The molecule has 0 saturated carbocycles. The highest BCUT2D eigenvalue weighted by atomic mass is 35.5. The average molecular weight is 307 g/mol. The van der Waals surface area contributed by atoms with Crippen LogP contribution in [0.2, 0.25) is 5.02 Å². The van der Waals surface area contributed by atoms with Crippen molar-refractivity contribution >= 4 is 29.0 Å². The first-order valence-corrected chi connectivity index (χ1v) is 6.63. The van der Waals surface area contributed by atoms with E-state index in [0.717, 1.165) is 11.3 Å². The number of benzene rings is 1. The quantitative estimate of drug-likeness (QED) is 0.888. The first-order chi connectivity index (χ1) is 10.1. The van der Waals surface area contributed by atoms with Gasteiger partial charge >= 0.3 is 6.01 Å². The van der Waals surface area contributed by atoms with Crippen molar-refractivity contribution in [3.05, 3.63) is 41.0 Å². The summed E-state index contributed by atoms with van der Waals surface area (Å²) in [7, 11) is 1.49. The maximum absolute atomic E-state index is 11.0. The first kappa shape index (κ1) is 15.1. The van der Waals surface area contributed by atoms with Gasteiger partial charge in [0.2, 0.25) is 5.91 Å². The number of rotatable bonds is 5. The Hall–Kier alpha value is -2.34. The molecule has 2 rings (SSSR count). The lowest BCUT2D eigenvalue weighted by Crippen LogP contribution is -2.07. The number of methoxy groups -OCH3 is 1. The number of anilines is 2. The second-order valence-corrected chi connectivity index (χ2v) is 4.70. The molecule has 0 atom stereocenters. The zero-order valence-electron chi connectivity index (χ0n) is 11.7. The van der Waals surface area contributed by atoms with Crippen LogP contribution in [0.3, 0.4) is 0 Å². The molecule has 1 amide bonds. The number of carbonyl (C=O) groups is 1. The highest BCUT2D eigenvalue weighted by molar-refractivity contribution is 6.32. The zero-order valence-corrected chi connectivity index (χ0v) is 12.4. The molecule has 1 aromatic heterocycles. The first-order valence-electron chi connectivity index (χ1n) is 6.25. The summed E-state index contributed by atoms with van der Waals surface area (Å²) in [4.78, 5) is 19.1. The largest absolute Gasteiger partial charge is 0.467 e. The summed E-state index contributed by atoms with van der Waals surface area (Å²) in [6.45, 7) is 1.98. The Labute approximate surface area is 127 Å². The van der Waals surface area contributed by atoms with Crippen molar-refractivity contribution in [1.29, 1.82) is 0 Å². The number of ether oxygens (including phenoxy) is 1. The topological polar surface area (TPSA) is 76.1 Å². The Balaban J connectivity index is 2.07. The minimum Gasteiger partial charge on any atom is -0.467 e. The van der Waals surface area contributed by atoms with Gasteiger partial charge in [-0.15, -0.1) is 0 Å². The summed E-state index contributed by atoms with van der Waals surface area (Å²) < 4.78 is 4.96. The lowest BCUT2D eigenvalue weighted by molar-refractivity contribution is -0.114. The van der Waals surface area contributed by atoms with Crippen molar-refractivity contribution in [3.8, 4) is 6.01 Å². The number of nitrogens with one attached hydrogen (secondary N) is 2. The van der Waals surface area contributed by atoms with Crippen LogP contribution in [0.1, 0.15) is 12.5 Å². The van der Waals surface area contributed by atoms with Gasteiger partial charge in [-0.25, -0.2) is 4.98 Å². The molecule has 21 heavy (non-hydrogen) atoms. The summed E-state index contributed by atoms with van der Waals surface area (Å²) in [6, 6.07) is 7.75. The van der Waals surface area contributed by atoms with Crippen molar-refractivity contribution in [2.45, 2.75) is 13.5 Å². The maximum Gasteiger partial charge on any atom is 0.318 e. The van der Waals surface area contributed by atoms with Crippen LogP contribution in [-0.4, -0.2) is 23.0 Å². The smallest absolute Gasteiger partial charge is 0.318 e. The second-order valence-electron chi connectivity index (χ2n) is 4.29. The van der Waals surface area contributed by atoms with Crippen LogP contribution in [0.15, 0.2) is 30.5 Å². The molecule has 6 nitrogen and oxygen atoms in total. The predicted molar refractivity (Wildman–Crippen MR) is 81.7 cm³/mol. The van der Waals surface area contributed by atoms with Gasteiger partial charge in [-0.1, -0.05) is 23.7 Å². The summed E-state index contributed by atoms with van der Waals surface area (Å²) in [6.07, 6.45) is 1.48. The van der Waals surface area contributed by atoms with E-state index in [1.807, 2.05) is 24.3 Å². The van der Waals surface area contributed by atoms with E-state index in [9.17, 15) is 4.79 Å². The molecule has 0 spiro atoms. The Bertz CT molecular complexity index is 649. The van der Waals surface area contributed by atoms with Crippen LogP contribution in [0.5, 0.6) is 6.01 Å². The Morgan fingerprint density at radius 1 is 1.43 bits per heavy atom. The number of hydrogen-bond acceptors (Lipinski definition) is 5. The third kappa shape index (κ3) is 4.32. The minimum absolute atomic E-state index is 0.108. The Morgan fingerprint density at radius 2 is 2.24 bits per heavy atom. The van der Waals surface area contributed by atoms with Gasteiger partial charge in [0.25, 0.3) is 0 Å². The summed E-state index contributed by atoms with van der Waals surface area (Å²) in [5, 5.41) is 6.25. The van der Waals surface area contributed by atoms with E-state index < -0.39 is 0 Å². The van der Waals surface area contributed by atoms with Gasteiger partial charge in [-0.05, 0) is 17.7 Å². The van der Waals surface area contributed by atoms with Gasteiger partial charge in [0.15, 0.2) is 5.82 Å². The number of carbonyl (C=O) groups excluding carboxylic acids is 1. The van der Waals surface area contributed by atoms with Crippen LogP contribution < -0.4 is 15.4 Å². The van der Waals surface area contributed by atoms with E-state index in [2.05, 4.69) is 20.6 Å². The van der Waals surface area contributed by atoms with Crippen LogP contribution in [0, 0.1) is 0 Å². The number of hydrogen-bond donors (Lipinski definition) is 2. The fourth-order valence-corrected chi connectivity index (χ4v) is 1.88. The van der Waals surface area contributed by atoms with Crippen molar-refractivity contribution < 1.29 is 9.53 Å². The minimum atomic E-state index is -0.108. The monoisotopic (exact) mass is 306 g/mol. The molecule has 0 aliphatic heterocycles. The van der Waals surface area contributed by atoms with E-state index in [1.54, 1.807) is 0 Å². The zero-order chi connectivity index (χ0) is 15.2. The van der Waals surface area contributed by atoms with Crippen molar-refractivity contribution in [2.24, 2.45) is 0 Å². The van der Waals surface area contributed by atoms with Gasteiger partial charge < -0.3 is 15.4 Å². The molecule has 2 N–H and O–H groups in total. The van der Waals surface area contributed by atoms with Crippen molar-refractivity contribution in [1.82, 2.24) is 9.97 Å². The highest BCUT2D eigenvalue weighted by Gasteiger charge is 2.06. The standard InChI is InChI=1S/C14H15ClN4O2/c1-9(20)18-11-5-3-4-10(6-11)7-16-13-12(15)8-17-14(19-13)21-2/h3-6,8H,7H2,1-2H3,(H,18,20)(H,16,17,19). The average Bonchev–Trinajstić information content (AvgIpc) is 2.46. The fourth-order valence-electron chi connectivity index (χ4n) is 1.72. The normalized spacial score (nSPS) is 10.0. The third-order valence-electron chi connectivity index (χ3n) is 2.61. The van der Waals surface area contributed by atoms with Gasteiger partial charge in [-0.3, -0.25) is 4.79 Å². The van der Waals surface area contributed by atoms with Crippen LogP contribution in [0.4, 0.5) is 11.5 Å². The number of amides is 1. The lowest BCUT2D eigenvalue weighted by atomic mass is 10.2. The summed E-state index contributed by atoms with van der Waals surface area (Å²) >= 11 is 6.02. The molecule has 0 bridgehead atoms. The van der Waals surface area contributed by atoms with Crippen molar-refractivity contribution in [2.75, 3.05) is 17.7 Å². The van der Waals surface area contributed by atoms with Crippen LogP contribution >= 0.6 is 11.6 Å². The number of aromatic nitrogens is 2. The number of halogens is 1. The van der Waals surface area contributed by atoms with Crippen LogP contribution in [0.25, 0.3) is 0 Å². The van der Waals surface area contributed by atoms with E-state index in [-0.39, 0.29) is 11.9 Å². The summed E-state index contributed by atoms with van der Waals surface area (Å²) in [5.41, 5.74) is 1.73. The molecule has 110 valence electrons. The lowest BCUT2D eigenvalue weighted by Gasteiger charge is -2.09. The molecule has 2 aromatic rings. The van der Waals surface area contributed by atoms with Crippen LogP contribution in [-0.2, 0) is 11.3 Å². The maximum atomic E-state index is 11.0. The predicted octanol–water partition coefficient (Wildman–Crippen LogP) is 2.71. The van der Waals surface area contributed by atoms with Gasteiger partial charge in [0.05, 0.1) is 13.3 Å². The molecule has 0 fully saturated rings. The molecule has 0 aliphatic carbocycles. The molecule has 0 aliphatic rings. The van der Waals surface area contributed by atoms with E-state index >= 15 is 0 Å². The van der Waals surface area contributed by atoms with E-state index in [1.165, 1.54) is 20.2 Å². The van der Waals surface area contributed by atoms with Gasteiger partial charge in [-0.2, -0.15) is 4.98 Å². The van der Waals surface area contributed by atoms with E-state index in [4.69, 9.17) is 16.3 Å². The molecular formula is C14H15ClN4O2. The molecule has 1 heterocycles. The second kappa shape index (κ2) is 6.90. The number of nitrogens with zero attached hydrogens (tertiary/aromatic N) is 2. The Morgan fingerprint density at radius 3 is 2.95 bits per heavy atom. The molecule has 0 saturated heterocycles. The fraction of sp³-hybridized carbons (Fsp3) is 0.214. The molecular weight excluding hydrogens is 292 g/mol. The van der Waals surface area contributed by atoms with Crippen molar-refractivity contribution in [3.63, 3.8) is 0 Å². The van der Waals surface area contributed by atoms with Gasteiger partial charge in [0, 0.05) is 19.2 Å². The molecule has 0 unspecified atom stereocenters. The SMILES string of the molecule is COc1ncc(Cl)c(NCc2cccc(NC(C)=O)c2)n1.